The van der Waals surface area contributed by atoms with E-state index >= 15 is 0 Å². The van der Waals surface area contributed by atoms with Crippen molar-refractivity contribution in [3.05, 3.63) is 53.6 Å². The van der Waals surface area contributed by atoms with Crippen molar-refractivity contribution in [1.82, 2.24) is 4.72 Å². The average Bonchev–Trinajstić information content (AvgIpc) is 3.07. The van der Waals surface area contributed by atoms with E-state index in [2.05, 4.69) is 34.3 Å². The van der Waals surface area contributed by atoms with Gasteiger partial charge in [0.25, 0.3) is 0 Å². The minimum absolute atomic E-state index is 0.0384. The number of carbonyl (C=O) groups excluding carboxylic acids is 1. The molecule has 0 radical (unpaired) electrons. The van der Waals surface area contributed by atoms with Gasteiger partial charge in [-0.3, -0.25) is 4.79 Å². The largest absolute Gasteiger partial charge is 0.326 e. The molecule has 2 aromatic carbocycles. The molecule has 0 bridgehead atoms. The van der Waals surface area contributed by atoms with E-state index in [1.54, 1.807) is 20.8 Å². The first-order chi connectivity index (χ1) is 14.2. The molecule has 6 heteroatoms. The number of sulfonamides is 1. The summed E-state index contributed by atoms with van der Waals surface area (Å²) in [5.74, 6) is -0.0449. The third-order valence-corrected chi connectivity index (χ3v) is 8.59. The maximum absolute atomic E-state index is 12.9. The molecule has 1 saturated carbocycles. The van der Waals surface area contributed by atoms with Crippen LogP contribution >= 0.6 is 0 Å². The molecule has 160 valence electrons. The highest BCUT2D eigenvalue weighted by Crippen LogP contribution is 2.40. The van der Waals surface area contributed by atoms with Crippen LogP contribution in [0.5, 0.6) is 0 Å². The second-order valence-electron chi connectivity index (χ2n) is 9.44. The van der Waals surface area contributed by atoms with Crippen molar-refractivity contribution in [3.8, 4) is 11.1 Å². The number of rotatable bonds is 4. The minimum Gasteiger partial charge on any atom is -0.326 e. The minimum atomic E-state index is -3.37. The second kappa shape index (κ2) is 7.82. The van der Waals surface area contributed by atoms with E-state index in [-0.39, 0.29) is 17.9 Å². The van der Waals surface area contributed by atoms with E-state index < -0.39 is 14.8 Å². The van der Waals surface area contributed by atoms with E-state index in [1.807, 2.05) is 18.2 Å². The molecule has 1 amide bonds. The number of hydrogen-bond acceptors (Lipinski definition) is 3. The monoisotopic (exact) mass is 426 g/mol. The van der Waals surface area contributed by atoms with Crippen LogP contribution in [0.15, 0.2) is 42.5 Å². The van der Waals surface area contributed by atoms with Crippen LogP contribution in [0.1, 0.15) is 57.6 Å². The molecule has 4 rings (SSSR count). The lowest BCUT2D eigenvalue weighted by Gasteiger charge is -2.31. The maximum Gasteiger partial charge on any atom is 0.227 e. The fraction of sp³-hybridized carbons (Fsp3) is 0.458. The Bertz CT molecular complexity index is 1060. The van der Waals surface area contributed by atoms with E-state index in [9.17, 15) is 13.2 Å². The summed E-state index contributed by atoms with van der Waals surface area (Å²) in [7, 11) is -3.37. The standard InChI is InChI=1S/C24H30N2O3S/c1-24(2,3)30(28,29)26-18-13-11-16(12-14-18)23(27)25-22-10-6-9-20-19-8-5-4-7-17(19)15-21(20)22/h4-10,16,18,26H,11-15H2,1-3H3,(H,25,27)/t16-,18-. The molecule has 0 aromatic heterocycles. The topological polar surface area (TPSA) is 75.3 Å². The first kappa shape index (κ1) is 21.1. The molecular formula is C24H30N2O3S. The Kier molecular flexibility index (Phi) is 5.49. The van der Waals surface area contributed by atoms with Crippen molar-refractivity contribution < 1.29 is 13.2 Å². The van der Waals surface area contributed by atoms with Crippen LogP contribution in [0.4, 0.5) is 5.69 Å². The zero-order valence-electron chi connectivity index (χ0n) is 17.9. The number of nitrogens with one attached hydrogen (secondary N) is 2. The second-order valence-corrected chi connectivity index (χ2v) is 11.9. The van der Waals surface area contributed by atoms with Gasteiger partial charge in [0, 0.05) is 24.1 Å². The van der Waals surface area contributed by atoms with Gasteiger partial charge in [0.1, 0.15) is 0 Å². The van der Waals surface area contributed by atoms with Gasteiger partial charge in [0.2, 0.25) is 15.9 Å². The smallest absolute Gasteiger partial charge is 0.227 e. The third kappa shape index (κ3) is 4.03. The predicted molar refractivity (Wildman–Crippen MR) is 121 cm³/mol. The van der Waals surface area contributed by atoms with Crippen LogP contribution in [-0.2, 0) is 21.2 Å². The van der Waals surface area contributed by atoms with Crippen LogP contribution < -0.4 is 10.0 Å². The highest BCUT2D eigenvalue weighted by molar-refractivity contribution is 7.90. The Morgan fingerprint density at radius 1 is 0.933 bits per heavy atom. The fourth-order valence-corrected chi connectivity index (χ4v) is 5.41. The molecule has 2 aliphatic rings. The molecule has 0 heterocycles. The van der Waals surface area contributed by atoms with Gasteiger partial charge in [-0.25, -0.2) is 13.1 Å². The van der Waals surface area contributed by atoms with Crippen LogP contribution in [0, 0.1) is 5.92 Å². The summed E-state index contributed by atoms with van der Waals surface area (Å²) >= 11 is 0. The maximum atomic E-state index is 12.9. The van der Waals surface area contributed by atoms with E-state index in [0.717, 1.165) is 12.1 Å². The molecule has 0 atom stereocenters. The summed E-state index contributed by atoms with van der Waals surface area (Å²) in [5.41, 5.74) is 5.81. The Morgan fingerprint density at radius 3 is 2.30 bits per heavy atom. The number of benzene rings is 2. The summed E-state index contributed by atoms with van der Waals surface area (Å²) < 4.78 is 26.8. The lowest BCUT2D eigenvalue weighted by atomic mass is 9.86. The fourth-order valence-electron chi connectivity index (χ4n) is 4.38. The molecule has 2 aliphatic carbocycles. The van der Waals surface area contributed by atoms with Crippen LogP contribution in [0.3, 0.4) is 0 Å². The molecule has 0 spiro atoms. The number of hydrogen-bond donors (Lipinski definition) is 2. The van der Waals surface area contributed by atoms with Gasteiger partial charge in [0.15, 0.2) is 0 Å². The molecule has 2 N–H and O–H groups in total. The predicted octanol–water partition coefficient (Wildman–Crippen LogP) is 4.47. The van der Waals surface area contributed by atoms with E-state index in [4.69, 9.17) is 0 Å². The zero-order valence-corrected chi connectivity index (χ0v) is 18.7. The van der Waals surface area contributed by atoms with Crippen molar-refractivity contribution in [3.63, 3.8) is 0 Å². The number of amides is 1. The van der Waals surface area contributed by atoms with Crippen LogP contribution in [-0.4, -0.2) is 25.1 Å². The molecular weight excluding hydrogens is 396 g/mol. The van der Waals surface area contributed by atoms with Crippen molar-refractivity contribution in [2.24, 2.45) is 5.92 Å². The van der Waals surface area contributed by atoms with Crippen LogP contribution in [0.25, 0.3) is 11.1 Å². The van der Waals surface area contributed by atoms with Crippen LogP contribution in [0.2, 0.25) is 0 Å². The lowest BCUT2D eigenvalue weighted by Crippen LogP contribution is -2.46. The number of carbonyl (C=O) groups is 1. The van der Waals surface area contributed by atoms with E-state index in [0.29, 0.717) is 25.7 Å². The average molecular weight is 427 g/mol. The molecule has 0 unspecified atom stereocenters. The van der Waals surface area contributed by atoms with Gasteiger partial charge in [-0.1, -0.05) is 36.4 Å². The van der Waals surface area contributed by atoms with Gasteiger partial charge in [-0.05, 0) is 74.8 Å². The first-order valence-electron chi connectivity index (χ1n) is 10.7. The van der Waals surface area contributed by atoms with Crippen molar-refractivity contribution >= 4 is 21.6 Å². The molecule has 0 saturated heterocycles. The Morgan fingerprint density at radius 2 is 1.60 bits per heavy atom. The molecule has 0 aliphatic heterocycles. The van der Waals surface area contributed by atoms with Gasteiger partial charge in [-0.2, -0.15) is 0 Å². The summed E-state index contributed by atoms with van der Waals surface area (Å²) in [4.78, 5) is 12.9. The van der Waals surface area contributed by atoms with E-state index in [1.165, 1.54) is 22.3 Å². The van der Waals surface area contributed by atoms with Gasteiger partial charge >= 0.3 is 0 Å². The van der Waals surface area contributed by atoms with Crippen molar-refractivity contribution in [2.75, 3.05) is 5.32 Å². The Labute approximate surface area is 179 Å². The van der Waals surface area contributed by atoms with Gasteiger partial charge < -0.3 is 5.32 Å². The molecule has 2 aromatic rings. The third-order valence-electron chi connectivity index (χ3n) is 6.33. The van der Waals surface area contributed by atoms with Crippen molar-refractivity contribution in [2.45, 2.75) is 63.7 Å². The summed E-state index contributed by atoms with van der Waals surface area (Å²) in [5, 5.41) is 3.16. The highest BCUT2D eigenvalue weighted by atomic mass is 32.2. The summed E-state index contributed by atoms with van der Waals surface area (Å²) in [6, 6.07) is 14.4. The van der Waals surface area contributed by atoms with Gasteiger partial charge in [-0.15, -0.1) is 0 Å². The number of fused-ring (bicyclic) bond motifs is 3. The molecule has 5 nitrogen and oxygen atoms in total. The molecule has 1 fully saturated rings. The Hall–Kier alpha value is -2.18. The summed E-state index contributed by atoms with van der Waals surface area (Å²) in [6.07, 6.45) is 3.59. The quantitative estimate of drug-likeness (QED) is 0.646. The number of anilines is 1. The Balaban J connectivity index is 1.39. The first-order valence-corrected chi connectivity index (χ1v) is 12.2. The normalized spacial score (nSPS) is 21.0. The lowest BCUT2D eigenvalue weighted by molar-refractivity contribution is -0.120. The van der Waals surface area contributed by atoms with Gasteiger partial charge in [0.05, 0.1) is 4.75 Å². The molecule has 30 heavy (non-hydrogen) atoms. The van der Waals surface area contributed by atoms with Crippen molar-refractivity contribution in [1.29, 1.82) is 0 Å². The summed E-state index contributed by atoms with van der Waals surface area (Å²) in [6.45, 7) is 5.10. The zero-order chi connectivity index (χ0) is 21.5. The highest BCUT2D eigenvalue weighted by Gasteiger charge is 2.34. The SMILES string of the molecule is CC(C)(C)S(=O)(=O)N[C@H]1CC[C@H](C(=O)Nc2cccc3c2Cc2ccccc2-3)CC1.